The summed E-state index contributed by atoms with van der Waals surface area (Å²) in [5.74, 6) is -0.816. The lowest BCUT2D eigenvalue weighted by Crippen LogP contribution is -2.29. The fraction of sp³-hybridized carbons (Fsp3) is 0.309. The predicted molar refractivity (Wildman–Crippen MR) is 499 cm³/mol. The SMILES string of the molecule is C.CC(=O)O.CCC(CC)CC.COc1ccc(-n2c(C(=O)N(C)C)c(O)c(O)c2S(C)(=O)=O)cc1.COc1ccc(-n2c(C(=O)N(C)C)c(OCc3ccccc3)c(C)c2S(C)(=O)=O)cc1.COc1ccc(-n2c(C(=O)[O-])c(C)c(OCc3ccccc3)c2C(=O)N(C)C)cc1.COc1ccc(-n2cc(C)c(OCc3ccccc3)c2C(=O)N(C)C)cc1.O=C=NS(=O)(=O)Cl. The number of halogens is 1. The number of rotatable bonds is 28. The van der Waals surface area contributed by atoms with Crippen LogP contribution in [0.25, 0.3) is 22.7 Å². The van der Waals surface area contributed by atoms with E-state index in [1.54, 1.807) is 136 Å². The van der Waals surface area contributed by atoms with Gasteiger partial charge < -0.3 is 87.1 Å². The van der Waals surface area contributed by atoms with Crippen molar-refractivity contribution >= 4 is 81.2 Å². The molecule has 0 bridgehead atoms. The van der Waals surface area contributed by atoms with E-state index in [9.17, 15) is 64.5 Å². The average Bonchev–Trinajstić information content (AvgIpc) is 1.59. The van der Waals surface area contributed by atoms with Gasteiger partial charge in [-0.15, -0.1) is 0 Å². The Morgan fingerprint density at radius 1 is 0.435 bits per heavy atom. The molecule has 0 saturated heterocycles. The topological polar surface area (TPSA) is 415 Å². The van der Waals surface area contributed by atoms with Crippen LogP contribution in [0.3, 0.4) is 0 Å². The minimum atomic E-state index is -4.00. The van der Waals surface area contributed by atoms with Crippen molar-refractivity contribution in [1.82, 2.24) is 37.9 Å². The maximum absolute atomic E-state index is 13.2. The second kappa shape index (κ2) is 50.8. The molecule has 33 nitrogen and oxygen atoms in total. The third-order valence-corrected chi connectivity index (χ3v) is 21.9. The number of carboxylic acids is 2. The van der Waals surface area contributed by atoms with Crippen molar-refractivity contribution in [2.24, 2.45) is 10.3 Å². The van der Waals surface area contributed by atoms with Crippen LogP contribution < -0.4 is 38.3 Å². The molecule has 0 aliphatic heterocycles. The van der Waals surface area contributed by atoms with E-state index >= 15 is 0 Å². The van der Waals surface area contributed by atoms with E-state index in [4.69, 9.17) is 47.9 Å². The summed E-state index contributed by atoms with van der Waals surface area (Å²) in [6.45, 7) is 13.9. The first kappa shape index (κ1) is 110. The molecule has 0 aliphatic rings. The van der Waals surface area contributed by atoms with Crippen LogP contribution >= 0.6 is 10.7 Å². The van der Waals surface area contributed by atoms with Crippen molar-refractivity contribution in [3.63, 3.8) is 0 Å². The molecule has 706 valence electrons. The molecule has 131 heavy (non-hydrogen) atoms. The summed E-state index contributed by atoms with van der Waals surface area (Å²) in [5.41, 5.74) is 6.95. The zero-order valence-electron chi connectivity index (χ0n) is 76.3. The highest BCUT2D eigenvalue weighted by Gasteiger charge is 2.36. The summed E-state index contributed by atoms with van der Waals surface area (Å²) < 4.78 is 116. The molecular weight excluding hydrogens is 1770 g/mol. The third-order valence-electron chi connectivity index (χ3n) is 19.1. The number of aromatic carboxylic acids is 1. The van der Waals surface area contributed by atoms with Gasteiger partial charge in [0.1, 0.15) is 47.8 Å². The van der Waals surface area contributed by atoms with E-state index in [2.05, 4.69) is 35.9 Å². The monoisotopic (exact) mass is 1880 g/mol. The van der Waals surface area contributed by atoms with E-state index in [1.807, 2.05) is 133 Å². The molecule has 4 amide bonds. The molecule has 37 heteroatoms. The molecule has 11 rings (SSSR count). The Labute approximate surface area is 770 Å². The maximum atomic E-state index is 13.2. The summed E-state index contributed by atoms with van der Waals surface area (Å²) in [4.78, 5) is 87.2. The molecule has 4 heterocycles. The minimum Gasteiger partial charge on any atom is -0.543 e. The number of aliphatic carboxylic acids is 1. The lowest BCUT2D eigenvalue weighted by atomic mass is 10.0. The molecule has 3 N–H and O–H groups in total. The number of aromatic nitrogens is 4. The van der Waals surface area contributed by atoms with Crippen LogP contribution in [-0.4, -0.2) is 217 Å². The van der Waals surface area contributed by atoms with Gasteiger partial charge in [0.25, 0.3) is 35.7 Å². The summed E-state index contributed by atoms with van der Waals surface area (Å²) in [7, 11) is 11.8. The number of sulfone groups is 2. The zero-order chi connectivity index (χ0) is 97.4. The van der Waals surface area contributed by atoms with Crippen molar-refractivity contribution in [1.29, 1.82) is 0 Å². The zero-order valence-corrected chi connectivity index (χ0v) is 79.5. The van der Waals surface area contributed by atoms with Gasteiger partial charge in [-0.3, -0.25) is 33.1 Å². The van der Waals surface area contributed by atoms with Gasteiger partial charge in [0.15, 0.2) is 76.2 Å². The number of amides is 4. The lowest BCUT2D eigenvalue weighted by Gasteiger charge is -2.17. The first-order valence-corrected chi connectivity index (χ1v) is 46.0. The number of ether oxygens (including phenoxy) is 7. The molecule has 4 aromatic heterocycles. The van der Waals surface area contributed by atoms with Gasteiger partial charge in [0.2, 0.25) is 0 Å². The van der Waals surface area contributed by atoms with Gasteiger partial charge in [-0.05, 0) is 140 Å². The van der Waals surface area contributed by atoms with Crippen LogP contribution in [0.2, 0.25) is 0 Å². The second-order valence-corrected chi connectivity index (χ2v) is 35.5. The third kappa shape index (κ3) is 30.4. The standard InChI is InChI=1S/C23H26N2O5S.C23H24N2O5.C22H24N2O3.C15H18N2O6S.C7H16.C2H4O2.CClNO3S.CH4/c1-16-21(30-15-17-9-7-6-8-10-17)20(22(26)24(2)3)25(23(16)31(5,27)28)18-11-13-19(29-4)14-12-18;1-15-19(23(27)28)25(17-10-12-18(29-4)13-11-17)20(22(26)24(2)3)21(15)30-14-16-8-6-5-7-9-16;1-16-14-24(18-10-12-19(26-4)13-11-18)20(22(25)23(2)3)21(16)27-15-17-8-6-5-7-9-17;1-16(2)14(20)11-12(18)13(19)15(24(4,21)22)17(11)9-5-7-10(23-3)8-6-9;1-4-7(5-2)6-3;1-2(3)4;2-7(5,6)3-1-4;/h6-14H,15H2,1-5H3;5-13H,14H2,1-4H3,(H,27,28);5-14H,15H2,1-4H3;5-8,18-19H,1-4H3;7H,4-6H2,1-3H3;1H3,(H,3,4);;1H4/p-1. The Balaban J connectivity index is 0.000000343. The van der Waals surface area contributed by atoms with Crippen LogP contribution in [0.5, 0.6) is 51.7 Å². The minimum absolute atomic E-state index is 0. The number of isocyanates is 1. The number of benzene rings is 7. The number of hydrogen-bond acceptors (Lipinski definition) is 23. The van der Waals surface area contributed by atoms with E-state index in [0.717, 1.165) is 69.7 Å². The van der Waals surface area contributed by atoms with Gasteiger partial charge in [0, 0.05) is 132 Å². The molecule has 0 spiro atoms. The number of aryl methyl sites for hydroxylation is 1. The Morgan fingerprint density at radius 3 is 1.01 bits per heavy atom. The summed E-state index contributed by atoms with van der Waals surface area (Å²) in [5, 5.41) is 39.1. The molecule has 0 radical (unpaired) electrons. The molecular formula is C94H115ClN9O24S3-. The van der Waals surface area contributed by atoms with E-state index in [0.29, 0.717) is 57.8 Å². The van der Waals surface area contributed by atoms with E-state index in [-0.39, 0.29) is 83.4 Å². The van der Waals surface area contributed by atoms with Gasteiger partial charge >= 0.3 is 9.24 Å². The first-order chi connectivity index (χ1) is 61.2. The Bertz CT molecular complexity index is 6040. The highest BCUT2D eigenvalue weighted by molar-refractivity contribution is 8.12. The van der Waals surface area contributed by atoms with Crippen LogP contribution in [0.4, 0.5) is 0 Å². The number of carbonyl (C=O) groups excluding carboxylic acids is 6. The van der Waals surface area contributed by atoms with Gasteiger partial charge in [-0.1, -0.05) is 143 Å². The fourth-order valence-corrected chi connectivity index (χ4v) is 15.0. The number of aromatic hydroxyl groups is 2. The van der Waals surface area contributed by atoms with Gasteiger partial charge in [-0.2, -0.15) is 8.42 Å². The quantitative estimate of drug-likeness (QED) is 0.0233. The number of nitrogens with zero attached hydrogens (tertiary/aromatic N) is 9. The number of carbonyl (C=O) groups is 6. The molecule has 0 aliphatic carbocycles. The van der Waals surface area contributed by atoms with Crippen LogP contribution in [0.1, 0.15) is 140 Å². The van der Waals surface area contributed by atoms with Crippen LogP contribution in [0.15, 0.2) is 209 Å². The molecule has 0 unspecified atom stereocenters. The van der Waals surface area contributed by atoms with Crippen LogP contribution in [0, 0.1) is 26.7 Å². The molecule has 0 atom stereocenters. The number of methoxy groups -OCH3 is 4. The lowest BCUT2D eigenvalue weighted by molar-refractivity contribution is -0.255. The average molecular weight is 1890 g/mol. The Hall–Kier alpha value is -13.8. The predicted octanol–water partition coefficient (Wildman–Crippen LogP) is 14.4. The largest absolute Gasteiger partial charge is 0.543 e. The van der Waals surface area contributed by atoms with Crippen molar-refractivity contribution in [2.45, 2.75) is 105 Å². The number of hydrogen-bond donors (Lipinski definition) is 3. The summed E-state index contributed by atoms with van der Waals surface area (Å²) in [6.07, 6.45) is 8.76. The number of carboxylic acid groups (broad SMARTS) is 2. The molecule has 7 aromatic carbocycles. The molecule has 0 fully saturated rings. The molecule has 0 saturated carbocycles. The van der Waals surface area contributed by atoms with Gasteiger partial charge in [-0.25, -0.2) is 21.6 Å². The van der Waals surface area contributed by atoms with Gasteiger partial charge in [0.05, 0.1) is 40.1 Å². The smallest absolute Gasteiger partial charge is 0.350 e. The highest BCUT2D eigenvalue weighted by Crippen LogP contribution is 2.43. The van der Waals surface area contributed by atoms with E-state index in [1.165, 1.54) is 83.5 Å². The molecule has 11 aromatic rings. The van der Waals surface area contributed by atoms with Crippen molar-refractivity contribution in [3.05, 3.63) is 256 Å². The van der Waals surface area contributed by atoms with Crippen LogP contribution in [-0.2, 0) is 58.3 Å². The normalized spacial score (nSPS) is 10.6. The Kier molecular flexibility index (Phi) is 42.5. The Morgan fingerprint density at radius 2 is 0.725 bits per heavy atom. The highest BCUT2D eigenvalue weighted by atomic mass is 35.7. The first-order valence-electron chi connectivity index (χ1n) is 39.9. The summed E-state index contributed by atoms with van der Waals surface area (Å²) >= 11 is 0. The van der Waals surface area contributed by atoms with Crippen molar-refractivity contribution in [2.75, 3.05) is 97.3 Å². The summed E-state index contributed by atoms with van der Waals surface area (Å²) in [6, 6.07) is 56.2. The maximum Gasteiger partial charge on any atom is 0.350 e. The van der Waals surface area contributed by atoms with Crippen molar-refractivity contribution in [3.8, 4) is 74.5 Å². The van der Waals surface area contributed by atoms with E-state index < -0.39 is 63.3 Å². The fourth-order valence-electron chi connectivity index (χ4n) is 12.6. The second-order valence-electron chi connectivity index (χ2n) is 29.4. The van der Waals surface area contributed by atoms with Crippen molar-refractivity contribution < 1.29 is 112 Å².